The first kappa shape index (κ1) is 16.2. The molecule has 0 aliphatic heterocycles. The smallest absolute Gasteiger partial charge is 0.137 e. The summed E-state index contributed by atoms with van der Waals surface area (Å²) in [4.78, 5) is 7.87. The summed E-state index contributed by atoms with van der Waals surface area (Å²) in [6.45, 7) is 0. The van der Waals surface area contributed by atoms with Gasteiger partial charge in [0.1, 0.15) is 5.65 Å². The van der Waals surface area contributed by atoms with E-state index in [2.05, 4.69) is 34.1 Å². The van der Waals surface area contributed by atoms with Crippen LogP contribution < -0.4 is 4.90 Å². The topological polar surface area (TPSA) is 20.5 Å². The van der Waals surface area contributed by atoms with Gasteiger partial charge >= 0.3 is 0 Å². The maximum absolute atomic E-state index is 12.1. The van der Waals surface area contributed by atoms with Crippen LogP contribution in [-0.4, -0.2) is 35.0 Å². The molecule has 3 nitrogen and oxygen atoms in total. The minimum atomic E-state index is 0.386. The van der Waals surface area contributed by atoms with E-state index in [1.807, 2.05) is 43.0 Å². The molecule has 0 radical (unpaired) electrons. The van der Waals surface area contributed by atoms with Gasteiger partial charge in [-0.05, 0) is 24.3 Å². The van der Waals surface area contributed by atoms with Crippen LogP contribution in [0.15, 0.2) is 53.7 Å². The van der Waals surface area contributed by atoms with E-state index in [-0.39, 0.29) is 0 Å². The molecule has 0 aliphatic carbocycles. The molecule has 0 N–H and O–H groups in total. The third-order valence-corrected chi connectivity index (χ3v) is 5.13. The summed E-state index contributed by atoms with van der Waals surface area (Å²) in [5, 5.41) is 0. The van der Waals surface area contributed by atoms with Crippen LogP contribution in [0, 0.1) is 0 Å². The van der Waals surface area contributed by atoms with Crippen LogP contribution in [-0.2, 0) is 0 Å². The van der Waals surface area contributed by atoms with Gasteiger partial charge < -0.3 is 9.30 Å². The van der Waals surface area contributed by atoms with Gasteiger partial charge in [0.05, 0.1) is 5.69 Å². The number of benzene rings is 1. The van der Waals surface area contributed by atoms with Crippen LogP contribution in [0.1, 0.15) is 0 Å². The molecule has 120 valence electrons. The van der Waals surface area contributed by atoms with Gasteiger partial charge in [0.15, 0.2) is 0 Å². The lowest BCUT2D eigenvalue weighted by Gasteiger charge is -2.12. The number of imidazole rings is 1. The van der Waals surface area contributed by atoms with Crippen molar-refractivity contribution in [1.29, 1.82) is 0 Å². The molecule has 0 spiro atoms. The lowest BCUT2D eigenvalue weighted by atomic mass is 10.1. The minimum Gasteiger partial charge on any atom is -0.378 e. The Bertz CT molecular complexity index is 784. The maximum Gasteiger partial charge on any atom is 0.137 e. The van der Waals surface area contributed by atoms with Crippen LogP contribution in [0.5, 0.6) is 0 Å². The Hall–Kier alpha value is -1.66. The highest BCUT2D eigenvalue weighted by molar-refractivity contribution is 8.01. The molecule has 0 unspecified atom stereocenters. The highest BCUT2D eigenvalue weighted by atomic mass is 32.2. The number of aromatic nitrogens is 2. The summed E-state index contributed by atoms with van der Waals surface area (Å²) in [5.41, 5.74) is 4.14. The Labute approximate surface area is 144 Å². The standard InChI is InChI=1S/C17H18FN3S2/c1-20(2)14-5-3-13(4-6-14)16-12-21-11-15(22-9-10-23-18)7-8-17(21)19-16/h3-8,11-12H,9-10H2,1-2H3. The second-order valence-electron chi connectivity index (χ2n) is 5.36. The van der Waals surface area contributed by atoms with Crippen molar-refractivity contribution in [3.8, 4) is 11.3 Å². The highest BCUT2D eigenvalue weighted by Crippen LogP contribution is 2.25. The van der Waals surface area contributed by atoms with Crippen LogP contribution in [0.25, 0.3) is 16.9 Å². The molecule has 0 saturated heterocycles. The number of nitrogens with zero attached hydrogens (tertiary/aromatic N) is 3. The number of rotatable bonds is 6. The molecular formula is C17H18FN3S2. The average Bonchev–Trinajstić information content (AvgIpc) is 2.98. The van der Waals surface area contributed by atoms with E-state index in [1.54, 1.807) is 11.8 Å². The molecule has 1 aromatic carbocycles. The Morgan fingerprint density at radius 3 is 2.52 bits per heavy atom. The molecule has 6 heteroatoms. The second-order valence-corrected chi connectivity index (χ2v) is 7.15. The molecule has 0 fully saturated rings. The van der Waals surface area contributed by atoms with Crippen molar-refractivity contribution in [2.24, 2.45) is 0 Å². The zero-order valence-electron chi connectivity index (χ0n) is 13.1. The Morgan fingerprint density at radius 1 is 1.04 bits per heavy atom. The fourth-order valence-electron chi connectivity index (χ4n) is 2.32. The summed E-state index contributed by atoms with van der Waals surface area (Å²) in [5.74, 6) is 1.27. The lowest BCUT2D eigenvalue weighted by Crippen LogP contribution is -2.07. The van der Waals surface area contributed by atoms with Gasteiger partial charge in [0.2, 0.25) is 0 Å². The first-order valence-corrected chi connectivity index (χ1v) is 9.17. The third kappa shape index (κ3) is 3.82. The summed E-state index contributed by atoms with van der Waals surface area (Å²) in [6.07, 6.45) is 4.08. The largest absolute Gasteiger partial charge is 0.378 e. The van der Waals surface area contributed by atoms with Crippen LogP contribution in [0.2, 0.25) is 0 Å². The molecule has 3 rings (SSSR count). The molecule has 3 aromatic rings. The van der Waals surface area contributed by atoms with Crippen molar-refractivity contribution >= 4 is 35.2 Å². The van der Waals surface area contributed by atoms with E-state index in [1.165, 1.54) is 5.69 Å². The van der Waals surface area contributed by atoms with Gasteiger partial charge in [-0.1, -0.05) is 12.1 Å². The third-order valence-electron chi connectivity index (χ3n) is 3.53. The van der Waals surface area contributed by atoms with Crippen molar-refractivity contribution in [2.75, 3.05) is 30.5 Å². The fourth-order valence-corrected chi connectivity index (χ4v) is 3.49. The van der Waals surface area contributed by atoms with E-state index in [9.17, 15) is 3.89 Å². The van der Waals surface area contributed by atoms with E-state index in [4.69, 9.17) is 0 Å². The monoisotopic (exact) mass is 347 g/mol. The molecule has 2 aromatic heterocycles. The number of hydrogen-bond acceptors (Lipinski definition) is 4. The van der Waals surface area contributed by atoms with Gasteiger partial charge in [0, 0.05) is 66.3 Å². The SMILES string of the molecule is CN(C)c1ccc(-c2cn3cc(SCCSF)ccc3n2)cc1. The van der Waals surface area contributed by atoms with Crippen molar-refractivity contribution in [3.63, 3.8) is 0 Å². The molecule has 0 amide bonds. The van der Waals surface area contributed by atoms with E-state index in [0.29, 0.717) is 17.9 Å². The Kier molecular flexibility index (Phi) is 5.13. The van der Waals surface area contributed by atoms with Gasteiger partial charge in [-0.2, -0.15) is 3.89 Å². The molecule has 0 bridgehead atoms. The summed E-state index contributed by atoms with van der Waals surface area (Å²) < 4.78 is 14.1. The van der Waals surface area contributed by atoms with Gasteiger partial charge in [-0.25, -0.2) is 4.98 Å². The van der Waals surface area contributed by atoms with Crippen LogP contribution in [0.4, 0.5) is 9.57 Å². The van der Waals surface area contributed by atoms with Crippen molar-refractivity contribution in [1.82, 2.24) is 9.38 Å². The lowest BCUT2D eigenvalue weighted by molar-refractivity contribution is 0.936. The van der Waals surface area contributed by atoms with E-state index in [0.717, 1.165) is 27.6 Å². The molecule has 23 heavy (non-hydrogen) atoms. The van der Waals surface area contributed by atoms with Crippen LogP contribution >= 0.6 is 23.9 Å². The van der Waals surface area contributed by atoms with Gasteiger partial charge in [-0.15, -0.1) is 11.8 Å². The van der Waals surface area contributed by atoms with Crippen LogP contribution in [0.3, 0.4) is 0 Å². The van der Waals surface area contributed by atoms with Gasteiger partial charge in [-0.3, -0.25) is 0 Å². The first-order valence-electron chi connectivity index (χ1n) is 7.30. The summed E-state index contributed by atoms with van der Waals surface area (Å²) in [7, 11) is 4.06. The molecule has 0 saturated carbocycles. The van der Waals surface area contributed by atoms with Gasteiger partial charge in [0.25, 0.3) is 0 Å². The second kappa shape index (κ2) is 7.27. The minimum absolute atomic E-state index is 0.386. The Balaban J connectivity index is 1.84. The predicted octanol–water partition coefficient (Wildman–Crippen LogP) is 4.78. The number of hydrogen-bond donors (Lipinski definition) is 0. The predicted molar refractivity (Wildman–Crippen MR) is 99.2 cm³/mol. The molecular weight excluding hydrogens is 329 g/mol. The number of pyridine rings is 1. The number of halogens is 1. The summed E-state index contributed by atoms with van der Waals surface area (Å²) in [6, 6.07) is 12.4. The number of fused-ring (bicyclic) bond motifs is 1. The zero-order chi connectivity index (χ0) is 16.2. The highest BCUT2D eigenvalue weighted by Gasteiger charge is 2.06. The number of anilines is 1. The molecule has 0 atom stereocenters. The fraction of sp³-hybridized carbons (Fsp3) is 0.235. The average molecular weight is 347 g/mol. The van der Waals surface area contributed by atoms with E-state index >= 15 is 0 Å². The van der Waals surface area contributed by atoms with Crippen molar-refractivity contribution < 1.29 is 3.89 Å². The Morgan fingerprint density at radius 2 is 1.83 bits per heavy atom. The van der Waals surface area contributed by atoms with E-state index < -0.39 is 0 Å². The molecule has 0 aliphatic rings. The number of thioether (sulfide) groups is 1. The maximum atomic E-state index is 12.1. The first-order chi connectivity index (χ1) is 11.2. The zero-order valence-corrected chi connectivity index (χ0v) is 14.7. The van der Waals surface area contributed by atoms with Crippen molar-refractivity contribution in [2.45, 2.75) is 4.90 Å². The normalized spacial score (nSPS) is 11.1. The molecule has 2 heterocycles. The van der Waals surface area contributed by atoms with Crippen molar-refractivity contribution in [3.05, 3.63) is 48.8 Å². The summed E-state index contributed by atoms with van der Waals surface area (Å²) >= 11 is 2.04. The quantitative estimate of drug-likeness (QED) is 0.472.